The normalized spacial score (nSPS) is 18.2. The van der Waals surface area contributed by atoms with Crippen LogP contribution in [0.2, 0.25) is 0 Å². The number of Topliss-reactive ketones (excluding diaryl/α,β-unsaturated/α-hetero) is 1. The van der Waals surface area contributed by atoms with Crippen molar-refractivity contribution in [2.45, 2.75) is 52.5 Å². The summed E-state index contributed by atoms with van der Waals surface area (Å²) in [4.78, 5) is 27.7. The fourth-order valence-corrected chi connectivity index (χ4v) is 3.62. The van der Waals surface area contributed by atoms with E-state index in [2.05, 4.69) is 5.10 Å². The molecule has 3 heterocycles. The zero-order valence-corrected chi connectivity index (χ0v) is 15.3. The summed E-state index contributed by atoms with van der Waals surface area (Å²) in [6, 6.07) is 3.64. The molecule has 0 bridgehead atoms. The summed E-state index contributed by atoms with van der Waals surface area (Å²) in [5, 5.41) is 4.26. The van der Waals surface area contributed by atoms with Crippen LogP contribution in [-0.4, -0.2) is 32.9 Å². The fourth-order valence-electron chi connectivity index (χ4n) is 3.62. The molecule has 0 radical (unpaired) electrons. The van der Waals surface area contributed by atoms with E-state index in [1.54, 1.807) is 23.6 Å². The molecular weight excluding hydrogens is 318 g/mol. The minimum atomic E-state index is -0.474. The number of furan rings is 1. The van der Waals surface area contributed by atoms with Crippen molar-refractivity contribution in [3.63, 3.8) is 0 Å². The molecule has 6 nitrogen and oxygen atoms in total. The van der Waals surface area contributed by atoms with Gasteiger partial charge < -0.3 is 9.32 Å². The SMILES string of the molecule is Cc1ccc([C@@H]2CCCCCN2C(=O)C(=O)c2c(C)nn(C)c2C)o1. The van der Waals surface area contributed by atoms with Crippen LogP contribution in [-0.2, 0) is 11.8 Å². The van der Waals surface area contributed by atoms with Gasteiger partial charge in [0.25, 0.3) is 11.7 Å². The van der Waals surface area contributed by atoms with Crippen molar-refractivity contribution in [1.82, 2.24) is 14.7 Å². The highest BCUT2D eigenvalue weighted by atomic mass is 16.3. The van der Waals surface area contributed by atoms with Crippen molar-refractivity contribution in [2.24, 2.45) is 7.05 Å². The molecule has 0 unspecified atom stereocenters. The van der Waals surface area contributed by atoms with E-state index in [9.17, 15) is 9.59 Å². The second-order valence-electron chi connectivity index (χ2n) is 6.81. The van der Waals surface area contributed by atoms with Gasteiger partial charge in [0.15, 0.2) is 0 Å². The molecule has 1 saturated heterocycles. The largest absolute Gasteiger partial charge is 0.464 e. The van der Waals surface area contributed by atoms with Crippen LogP contribution in [0.4, 0.5) is 0 Å². The van der Waals surface area contributed by atoms with Gasteiger partial charge in [-0.1, -0.05) is 12.8 Å². The maximum Gasteiger partial charge on any atom is 0.295 e. The van der Waals surface area contributed by atoms with Crippen molar-refractivity contribution < 1.29 is 14.0 Å². The van der Waals surface area contributed by atoms with Crippen molar-refractivity contribution in [2.75, 3.05) is 6.54 Å². The summed E-state index contributed by atoms with van der Waals surface area (Å²) < 4.78 is 7.42. The molecule has 1 aliphatic rings. The van der Waals surface area contributed by atoms with Gasteiger partial charge in [-0.2, -0.15) is 5.10 Å². The van der Waals surface area contributed by atoms with E-state index in [0.29, 0.717) is 17.8 Å². The van der Waals surface area contributed by atoms with E-state index in [0.717, 1.165) is 42.9 Å². The molecule has 0 spiro atoms. The van der Waals surface area contributed by atoms with Crippen molar-refractivity contribution >= 4 is 11.7 Å². The second kappa shape index (κ2) is 6.86. The molecule has 2 aromatic heterocycles. The molecule has 0 aliphatic carbocycles. The standard InChI is InChI=1S/C19H25N3O3/c1-12-9-10-16(25-12)15-8-6-5-7-11-22(15)19(24)18(23)17-13(2)20-21(4)14(17)3/h9-10,15H,5-8,11H2,1-4H3/t15-/m0/s1. The summed E-state index contributed by atoms with van der Waals surface area (Å²) in [7, 11) is 1.78. The third-order valence-electron chi connectivity index (χ3n) is 5.03. The van der Waals surface area contributed by atoms with Gasteiger partial charge in [-0.15, -0.1) is 0 Å². The van der Waals surface area contributed by atoms with Crippen LogP contribution in [0.5, 0.6) is 0 Å². The van der Waals surface area contributed by atoms with Gasteiger partial charge in [0.05, 0.1) is 17.3 Å². The number of nitrogens with zero attached hydrogens (tertiary/aromatic N) is 3. The lowest BCUT2D eigenvalue weighted by molar-refractivity contribution is -0.129. The first-order chi connectivity index (χ1) is 11.9. The molecule has 0 N–H and O–H groups in total. The first kappa shape index (κ1) is 17.5. The molecule has 2 aromatic rings. The fraction of sp³-hybridized carbons (Fsp3) is 0.526. The third kappa shape index (κ3) is 3.25. The van der Waals surface area contributed by atoms with Gasteiger partial charge in [0.1, 0.15) is 11.5 Å². The molecule has 0 aromatic carbocycles. The van der Waals surface area contributed by atoms with E-state index in [1.165, 1.54) is 0 Å². The first-order valence-electron chi connectivity index (χ1n) is 8.82. The number of likely N-dealkylation sites (tertiary alicyclic amines) is 1. The Morgan fingerprint density at radius 1 is 1.16 bits per heavy atom. The minimum Gasteiger partial charge on any atom is -0.464 e. The quantitative estimate of drug-likeness (QED) is 0.633. The Bertz CT molecular complexity index is 803. The molecule has 1 aliphatic heterocycles. The maximum atomic E-state index is 13.1. The highest BCUT2D eigenvalue weighted by Crippen LogP contribution is 2.32. The van der Waals surface area contributed by atoms with Crippen LogP contribution in [0.15, 0.2) is 16.5 Å². The van der Waals surface area contributed by atoms with E-state index in [4.69, 9.17) is 4.42 Å². The number of ketones is 1. The molecule has 1 amide bonds. The lowest BCUT2D eigenvalue weighted by Crippen LogP contribution is -2.39. The number of carbonyl (C=O) groups is 2. The Morgan fingerprint density at radius 2 is 1.92 bits per heavy atom. The summed E-state index contributed by atoms with van der Waals surface area (Å²) in [6.07, 6.45) is 3.80. The predicted molar refractivity (Wildman–Crippen MR) is 93.4 cm³/mol. The Kier molecular flexibility index (Phi) is 4.79. The second-order valence-corrected chi connectivity index (χ2v) is 6.81. The lowest BCUT2D eigenvalue weighted by atomic mass is 10.0. The Labute approximate surface area is 147 Å². The van der Waals surface area contributed by atoms with Crippen LogP contribution in [0.25, 0.3) is 0 Å². The monoisotopic (exact) mass is 343 g/mol. The number of carbonyl (C=O) groups excluding carboxylic acids is 2. The Hall–Kier alpha value is -2.37. The zero-order valence-electron chi connectivity index (χ0n) is 15.3. The summed E-state index contributed by atoms with van der Waals surface area (Å²) in [6.45, 7) is 6.05. The summed E-state index contributed by atoms with van der Waals surface area (Å²) >= 11 is 0. The van der Waals surface area contributed by atoms with Gasteiger partial charge in [0.2, 0.25) is 0 Å². The van der Waals surface area contributed by atoms with Gasteiger partial charge in [0, 0.05) is 19.3 Å². The highest BCUT2D eigenvalue weighted by Gasteiger charge is 2.34. The summed E-state index contributed by atoms with van der Waals surface area (Å²) in [5.74, 6) is 0.649. The van der Waals surface area contributed by atoms with Gasteiger partial charge in [-0.3, -0.25) is 14.3 Å². The van der Waals surface area contributed by atoms with Crippen LogP contribution in [0.1, 0.15) is 65.0 Å². The summed E-state index contributed by atoms with van der Waals surface area (Å²) in [5.41, 5.74) is 1.74. The molecular formula is C19H25N3O3. The van der Waals surface area contributed by atoms with Crippen LogP contribution < -0.4 is 0 Å². The van der Waals surface area contributed by atoms with Crippen LogP contribution in [0.3, 0.4) is 0 Å². The van der Waals surface area contributed by atoms with E-state index >= 15 is 0 Å². The van der Waals surface area contributed by atoms with Crippen molar-refractivity contribution in [3.05, 3.63) is 40.6 Å². The number of amides is 1. The number of hydrogen-bond acceptors (Lipinski definition) is 4. The molecule has 25 heavy (non-hydrogen) atoms. The molecule has 1 fully saturated rings. The Morgan fingerprint density at radius 3 is 2.52 bits per heavy atom. The Balaban J connectivity index is 1.93. The lowest BCUT2D eigenvalue weighted by Gasteiger charge is -2.28. The maximum absolute atomic E-state index is 13.1. The van der Waals surface area contributed by atoms with Crippen molar-refractivity contribution in [1.29, 1.82) is 0 Å². The number of hydrogen-bond donors (Lipinski definition) is 0. The third-order valence-corrected chi connectivity index (χ3v) is 5.03. The first-order valence-corrected chi connectivity index (χ1v) is 8.82. The molecule has 134 valence electrons. The molecule has 1 atom stereocenters. The zero-order chi connectivity index (χ0) is 18.1. The topological polar surface area (TPSA) is 68.3 Å². The highest BCUT2D eigenvalue weighted by molar-refractivity contribution is 6.43. The van der Waals surface area contributed by atoms with Gasteiger partial charge >= 0.3 is 0 Å². The molecule has 6 heteroatoms. The predicted octanol–water partition coefficient (Wildman–Crippen LogP) is 3.26. The smallest absolute Gasteiger partial charge is 0.295 e. The average Bonchev–Trinajstić information content (AvgIpc) is 2.99. The van der Waals surface area contributed by atoms with E-state index in [-0.39, 0.29) is 6.04 Å². The number of aryl methyl sites for hydroxylation is 3. The molecule has 3 rings (SSSR count). The van der Waals surface area contributed by atoms with Crippen molar-refractivity contribution in [3.8, 4) is 0 Å². The average molecular weight is 343 g/mol. The van der Waals surface area contributed by atoms with Crippen LogP contribution >= 0.6 is 0 Å². The van der Waals surface area contributed by atoms with Gasteiger partial charge in [-0.25, -0.2) is 0 Å². The van der Waals surface area contributed by atoms with Gasteiger partial charge in [-0.05, 0) is 45.7 Å². The minimum absolute atomic E-state index is 0.176. The number of aromatic nitrogens is 2. The molecule has 0 saturated carbocycles. The van der Waals surface area contributed by atoms with E-state index < -0.39 is 11.7 Å². The van der Waals surface area contributed by atoms with E-state index in [1.807, 2.05) is 26.0 Å². The number of rotatable bonds is 3. The van der Waals surface area contributed by atoms with Crippen LogP contribution in [0, 0.1) is 20.8 Å².